The third kappa shape index (κ3) is 7.73. The van der Waals surface area contributed by atoms with Crippen molar-refractivity contribution >= 4 is 29.2 Å². The van der Waals surface area contributed by atoms with Gasteiger partial charge in [-0.2, -0.15) is 0 Å². The minimum atomic E-state index is -0.253. The second-order valence-electron chi connectivity index (χ2n) is 11.4. The SMILES string of the molecule is CC(C)(C)NC(=O)N1CCN(c2ccc(NC(=O)CN(Cc3ccccc3)C(=O)C3CCCC3)cc2)CC1. The van der Waals surface area contributed by atoms with Crippen molar-refractivity contribution in [2.24, 2.45) is 5.92 Å². The fourth-order valence-electron chi connectivity index (χ4n) is 5.14. The molecule has 0 radical (unpaired) electrons. The number of nitrogens with one attached hydrogen (secondary N) is 2. The maximum Gasteiger partial charge on any atom is 0.317 e. The smallest absolute Gasteiger partial charge is 0.317 e. The van der Waals surface area contributed by atoms with Crippen LogP contribution in [0.1, 0.15) is 52.0 Å². The van der Waals surface area contributed by atoms with E-state index < -0.39 is 0 Å². The molecule has 1 saturated heterocycles. The van der Waals surface area contributed by atoms with E-state index in [1.165, 1.54) is 0 Å². The van der Waals surface area contributed by atoms with Crippen LogP contribution in [-0.4, -0.2) is 65.9 Å². The molecule has 2 N–H and O–H groups in total. The van der Waals surface area contributed by atoms with Crippen LogP contribution in [0.3, 0.4) is 0 Å². The van der Waals surface area contributed by atoms with Crippen LogP contribution in [0.4, 0.5) is 16.2 Å². The lowest BCUT2D eigenvalue weighted by molar-refractivity contribution is -0.138. The molecule has 4 rings (SSSR count). The first-order valence-corrected chi connectivity index (χ1v) is 13.7. The van der Waals surface area contributed by atoms with Gasteiger partial charge in [0.25, 0.3) is 0 Å². The number of amides is 4. The fraction of sp³-hybridized carbons (Fsp3) is 0.500. The average Bonchev–Trinajstić information content (AvgIpc) is 3.43. The Morgan fingerprint density at radius 1 is 0.895 bits per heavy atom. The van der Waals surface area contributed by atoms with Crippen LogP contribution >= 0.6 is 0 Å². The standard InChI is InChI=1S/C30H41N5O3/c1-30(2,3)32-29(38)34-19-17-33(18-20-34)26-15-13-25(14-16-26)31-27(36)22-35(21-23-9-5-4-6-10-23)28(37)24-11-7-8-12-24/h4-6,9-10,13-16,24H,7-8,11-12,17-22H2,1-3H3,(H,31,36)(H,32,38). The molecule has 1 aliphatic carbocycles. The summed E-state index contributed by atoms with van der Waals surface area (Å²) in [5.74, 6) is -0.100. The molecule has 204 valence electrons. The number of hydrogen-bond donors (Lipinski definition) is 2. The highest BCUT2D eigenvalue weighted by Crippen LogP contribution is 2.27. The highest BCUT2D eigenvalue weighted by Gasteiger charge is 2.29. The molecule has 0 atom stereocenters. The molecule has 2 aliphatic rings. The number of benzene rings is 2. The minimum absolute atomic E-state index is 0.0193. The van der Waals surface area contributed by atoms with Crippen molar-refractivity contribution in [3.8, 4) is 0 Å². The summed E-state index contributed by atoms with van der Waals surface area (Å²) >= 11 is 0. The number of anilines is 2. The summed E-state index contributed by atoms with van der Waals surface area (Å²) in [4.78, 5) is 44.4. The van der Waals surface area contributed by atoms with Crippen LogP contribution < -0.4 is 15.5 Å². The third-order valence-corrected chi connectivity index (χ3v) is 7.13. The lowest BCUT2D eigenvalue weighted by Gasteiger charge is -2.37. The number of rotatable bonds is 7. The van der Waals surface area contributed by atoms with Crippen molar-refractivity contribution in [3.63, 3.8) is 0 Å². The molecule has 2 aromatic carbocycles. The van der Waals surface area contributed by atoms with E-state index in [1.54, 1.807) is 4.90 Å². The van der Waals surface area contributed by atoms with Crippen LogP contribution in [0.15, 0.2) is 54.6 Å². The monoisotopic (exact) mass is 519 g/mol. The second kappa shape index (κ2) is 12.3. The van der Waals surface area contributed by atoms with Gasteiger partial charge in [0, 0.05) is 55.6 Å². The molecule has 8 heteroatoms. The zero-order valence-electron chi connectivity index (χ0n) is 22.9. The van der Waals surface area contributed by atoms with Gasteiger partial charge in [-0.1, -0.05) is 43.2 Å². The van der Waals surface area contributed by atoms with Gasteiger partial charge in [-0.25, -0.2) is 4.79 Å². The molecular weight excluding hydrogens is 478 g/mol. The van der Waals surface area contributed by atoms with E-state index in [0.29, 0.717) is 25.3 Å². The first-order chi connectivity index (χ1) is 18.2. The second-order valence-corrected chi connectivity index (χ2v) is 11.4. The Labute approximate surface area is 226 Å². The Morgan fingerprint density at radius 3 is 2.13 bits per heavy atom. The molecule has 1 aliphatic heterocycles. The van der Waals surface area contributed by atoms with Crippen molar-refractivity contribution in [3.05, 3.63) is 60.2 Å². The number of nitrogens with zero attached hydrogens (tertiary/aromatic N) is 3. The lowest BCUT2D eigenvalue weighted by Crippen LogP contribution is -2.55. The van der Waals surface area contributed by atoms with Crippen LogP contribution in [-0.2, 0) is 16.1 Å². The number of urea groups is 1. The molecule has 8 nitrogen and oxygen atoms in total. The fourth-order valence-corrected chi connectivity index (χ4v) is 5.14. The van der Waals surface area contributed by atoms with Crippen LogP contribution in [0.25, 0.3) is 0 Å². The summed E-state index contributed by atoms with van der Waals surface area (Å²) in [5, 5.41) is 5.99. The van der Waals surface area contributed by atoms with Gasteiger partial charge in [0.05, 0.1) is 0 Å². The van der Waals surface area contributed by atoms with Crippen LogP contribution in [0, 0.1) is 5.92 Å². The van der Waals surface area contributed by atoms with Gasteiger partial charge in [-0.3, -0.25) is 9.59 Å². The quantitative estimate of drug-likeness (QED) is 0.565. The maximum atomic E-state index is 13.2. The summed E-state index contributed by atoms with van der Waals surface area (Å²) in [7, 11) is 0. The molecule has 0 unspecified atom stereocenters. The molecule has 0 aromatic heterocycles. The predicted octanol–water partition coefficient (Wildman–Crippen LogP) is 4.47. The number of carbonyl (C=O) groups excluding carboxylic acids is 3. The van der Waals surface area contributed by atoms with Gasteiger partial charge in [-0.05, 0) is 63.4 Å². The normalized spacial score (nSPS) is 16.3. The summed E-state index contributed by atoms with van der Waals surface area (Å²) in [6.07, 6.45) is 3.96. The summed E-state index contributed by atoms with van der Waals surface area (Å²) in [6.45, 7) is 9.23. The number of hydrogen-bond acceptors (Lipinski definition) is 4. The Kier molecular flexibility index (Phi) is 8.92. The molecule has 2 aromatic rings. The van der Waals surface area contributed by atoms with Gasteiger partial charge < -0.3 is 25.3 Å². The largest absolute Gasteiger partial charge is 0.368 e. The molecule has 1 heterocycles. The molecule has 2 fully saturated rings. The molecular formula is C30H41N5O3. The Morgan fingerprint density at radius 2 is 1.53 bits per heavy atom. The van der Waals surface area contributed by atoms with Crippen molar-refractivity contribution < 1.29 is 14.4 Å². The van der Waals surface area contributed by atoms with E-state index >= 15 is 0 Å². The first kappa shape index (κ1) is 27.5. The number of piperazine rings is 1. The third-order valence-electron chi connectivity index (χ3n) is 7.13. The lowest BCUT2D eigenvalue weighted by atomic mass is 10.1. The van der Waals surface area contributed by atoms with Crippen molar-refractivity contribution in [2.75, 3.05) is 42.9 Å². The first-order valence-electron chi connectivity index (χ1n) is 13.7. The predicted molar refractivity (Wildman–Crippen MR) is 151 cm³/mol. The van der Waals surface area contributed by atoms with E-state index in [-0.39, 0.29) is 35.8 Å². The molecule has 1 saturated carbocycles. The number of carbonyl (C=O) groups is 3. The highest BCUT2D eigenvalue weighted by atomic mass is 16.2. The van der Waals surface area contributed by atoms with Crippen LogP contribution in [0.5, 0.6) is 0 Å². The minimum Gasteiger partial charge on any atom is -0.368 e. The summed E-state index contributed by atoms with van der Waals surface area (Å²) < 4.78 is 0. The summed E-state index contributed by atoms with van der Waals surface area (Å²) in [5.41, 5.74) is 2.53. The Bertz CT molecular complexity index is 1080. The van der Waals surface area contributed by atoms with E-state index in [1.807, 2.05) is 80.3 Å². The van der Waals surface area contributed by atoms with E-state index in [4.69, 9.17) is 0 Å². The van der Waals surface area contributed by atoms with Gasteiger partial charge in [0.15, 0.2) is 0 Å². The Hall–Kier alpha value is -3.55. The van der Waals surface area contributed by atoms with Crippen LogP contribution in [0.2, 0.25) is 0 Å². The Balaban J connectivity index is 1.31. The van der Waals surface area contributed by atoms with Gasteiger partial charge in [0.2, 0.25) is 11.8 Å². The highest BCUT2D eigenvalue weighted by molar-refractivity contribution is 5.95. The van der Waals surface area contributed by atoms with E-state index in [9.17, 15) is 14.4 Å². The zero-order chi connectivity index (χ0) is 27.1. The molecule has 0 spiro atoms. The van der Waals surface area contributed by atoms with Gasteiger partial charge in [0.1, 0.15) is 6.54 Å². The van der Waals surface area contributed by atoms with E-state index in [2.05, 4.69) is 15.5 Å². The van der Waals surface area contributed by atoms with E-state index in [0.717, 1.165) is 50.0 Å². The zero-order valence-corrected chi connectivity index (χ0v) is 22.9. The topological polar surface area (TPSA) is 85.0 Å². The van der Waals surface area contributed by atoms with Crippen molar-refractivity contribution in [1.29, 1.82) is 0 Å². The summed E-state index contributed by atoms with van der Waals surface area (Å²) in [6, 6.07) is 17.6. The molecule has 4 amide bonds. The van der Waals surface area contributed by atoms with Gasteiger partial charge in [-0.15, -0.1) is 0 Å². The molecule has 38 heavy (non-hydrogen) atoms. The van der Waals surface area contributed by atoms with Gasteiger partial charge >= 0.3 is 6.03 Å². The maximum absolute atomic E-state index is 13.2. The average molecular weight is 520 g/mol. The van der Waals surface area contributed by atoms with Crippen molar-refractivity contribution in [2.45, 2.75) is 58.5 Å². The van der Waals surface area contributed by atoms with Crippen molar-refractivity contribution in [1.82, 2.24) is 15.1 Å². The molecule has 0 bridgehead atoms.